The first-order valence-corrected chi connectivity index (χ1v) is 12.2. The fraction of sp³-hybridized carbons (Fsp3) is 0.320. The summed E-state index contributed by atoms with van der Waals surface area (Å²) < 4.78 is 10.9. The number of hydrogen-bond acceptors (Lipinski definition) is 8. The van der Waals surface area contributed by atoms with Gasteiger partial charge < -0.3 is 14.5 Å². The van der Waals surface area contributed by atoms with Crippen molar-refractivity contribution in [1.29, 1.82) is 0 Å². The van der Waals surface area contributed by atoms with Crippen molar-refractivity contribution in [3.8, 4) is 17.3 Å². The van der Waals surface area contributed by atoms with Crippen molar-refractivity contribution in [2.24, 2.45) is 0 Å². The summed E-state index contributed by atoms with van der Waals surface area (Å²) in [6.07, 6.45) is 0. The van der Waals surface area contributed by atoms with Crippen LogP contribution in [0.1, 0.15) is 37.5 Å². The van der Waals surface area contributed by atoms with E-state index < -0.39 is 17.5 Å². The molecule has 188 valence electrons. The number of ether oxygens (including phenoxy) is 1. The third kappa shape index (κ3) is 5.80. The van der Waals surface area contributed by atoms with Gasteiger partial charge in [-0.05, 0) is 68.6 Å². The molecule has 0 saturated carbocycles. The van der Waals surface area contributed by atoms with E-state index in [1.807, 2.05) is 45.2 Å². The van der Waals surface area contributed by atoms with Crippen molar-refractivity contribution in [3.05, 3.63) is 64.5 Å². The average Bonchev–Trinajstić information content (AvgIpc) is 3.58. The summed E-state index contributed by atoms with van der Waals surface area (Å²) in [5, 5.41) is 17.2. The molecule has 0 radical (unpaired) electrons. The van der Waals surface area contributed by atoms with Gasteiger partial charge in [-0.25, -0.2) is 0 Å². The summed E-state index contributed by atoms with van der Waals surface area (Å²) in [5.41, 5.74) is 0.00275. The van der Waals surface area contributed by atoms with Gasteiger partial charge in [0.15, 0.2) is 5.76 Å². The van der Waals surface area contributed by atoms with E-state index in [1.165, 1.54) is 21.0 Å². The van der Waals surface area contributed by atoms with Crippen molar-refractivity contribution in [1.82, 2.24) is 25.5 Å². The second-order valence-corrected chi connectivity index (χ2v) is 10.2. The van der Waals surface area contributed by atoms with Crippen LogP contribution in [0.4, 0.5) is 5.69 Å². The molecular formula is C25H28N6O4S. The number of nitrogens with zero attached hydrogens (tertiary/aromatic N) is 5. The maximum absolute atomic E-state index is 13.8. The third-order valence-corrected chi connectivity index (χ3v) is 6.03. The van der Waals surface area contributed by atoms with Gasteiger partial charge in [0.05, 0.1) is 7.11 Å². The number of anilines is 1. The van der Waals surface area contributed by atoms with Gasteiger partial charge in [0.1, 0.15) is 24.1 Å². The Hall–Kier alpha value is -3.99. The minimum absolute atomic E-state index is 0.241. The van der Waals surface area contributed by atoms with Crippen LogP contribution in [-0.2, 0) is 16.1 Å². The number of aryl methyl sites for hydroxylation is 1. The number of thiophene rings is 1. The molecule has 0 aliphatic heterocycles. The molecule has 36 heavy (non-hydrogen) atoms. The number of carbonyl (C=O) groups excluding carboxylic acids is 2. The number of rotatable bonds is 8. The number of carbonyl (C=O) groups is 2. The van der Waals surface area contributed by atoms with E-state index in [0.717, 1.165) is 0 Å². The number of benzene rings is 1. The van der Waals surface area contributed by atoms with Crippen LogP contribution in [-0.4, -0.2) is 44.7 Å². The lowest BCUT2D eigenvalue weighted by Gasteiger charge is -2.33. The monoisotopic (exact) mass is 508 g/mol. The lowest BCUT2D eigenvalue weighted by Crippen LogP contribution is -2.50. The van der Waals surface area contributed by atoms with E-state index in [1.54, 1.807) is 43.5 Å². The zero-order valence-corrected chi connectivity index (χ0v) is 21.6. The Bertz CT molecular complexity index is 1340. The van der Waals surface area contributed by atoms with Crippen LogP contribution in [0.5, 0.6) is 5.75 Å². The van der Waals surface area contributed by atoms with Gasteiger partial charge >= 0.3 is 0 Å². The molecule has 0 fully saturated rings. The quantitative estimate of drug-likeness (QED) is 0.382. The first kappa shape index (κ1) is 25.1. The average molecular weight is 509 g/mol. The number of tetrazole rings is 1. The van der Waals surface area contributed by atoms with E-state index in [4.69, 9.17) is 9.15 Å². The van der Waals surface area contributed by atoms with E-state index in [2.05, 4.69) is 20.7 Å². The summed E-state index contributed by atoms with van der Waals surface area (Å²) >= 11 is 1.40. The minimum atomic E-state index is -0.917. The molecule has 4 rings (SSSR count). The zero-order valence-electron chi connectivity index (χ0n) is 20.8. The largest absolute Gasteiger partial charge is 0.497 e. The van der Waals surface area contributed by atoms with Gasteiger partial charge in [0.25, 0.3) is 5.91 Å². The lowest BCUT2D eigenvalue weighted by atomic mass is 10.1. The smallest absolute Gasteiger partial charge is 0.251 e. The summed E-state index contributed by atoms with van der Waals surface area (Å²) in [5.74, 6) is 1.29. The van der Waals surface area contributed by atoms with Gasteiger partial charge in [-0.3, -0.25) is 14.5 Å². The van der Waals surface area contributed by atoms with Gasteiger partial charge in [0, 0.05) is 22.2 Å². The van der Waals surface area contributed by atoms with Crippen LogP contribution in [0.15, 0.2) is 58.3 Å². The van der Waals surface area contributed by atoms with Crippen molar-refractivity contribution in [2.45, 2.75) is 45.8 Å². The molecule has 10 nitrogen and oxygen atoms in total. The molecule has 0 unspecified atom stereocenters. The summed E-state index contributed by atoms with van der Waals surface area (Å²) in [6.45, 7) is 7.26. The lowest BCUT2D eigenvalue weighted by molar-refractivity contribution is -0.128. The highest BCUT2D eigenvalue weighted by molar-refractivity contribution is 7.10. The highest BCUT2D eigenvalue weighted by Gasteiger charge is 2.35. The summed E-state index contributed by atoms with van der Waals surface area (Å²) in [6, 6.07) is 13.3. The minimum Gasteiger partial charge on any atom is -0.497 e. The predicted molar refractivity (Wildman–Crippen MR) is 136 cm³/mol. The van der Waals surface area contributed by atoms with Gasteiger partial charge in [-0.15, -0.1) is 21.5 Å². The van der Waals surface area contributed by atoms with Crippen LogP contribution in [0.25, 0.3) is 11.6 Å². The van der Waals surface area contributed by atoms with Gasteiger partial charge in [0.2, 0.25) is 11.7 Å². The van der Waals surface area contributed by atoms with Gasteiger partial charge in [-0.1, -0.05) is 12.1 Å². The fourth-order valence-corrected chi connectivity index (χ4v) is 4.43. The molecule has 11 heteroatoms. The van der Waals surface area contributed by atoms with Gasteiger partial charge in [-0.2, -0.15) is 4.80 Å². The van der Waals surface area contributed by atoms with Crippen molar-refractivity contribution < 1.29 is 18.7 Å². The Kier molecular flexibility index (Phi) is 7.20. The molecule has 4 aromatic rings. The number of hydrogen-bond donors (Lipinski definition) is 1. The molecular weight excluding hydrogens is 480 g/mol. The van der Waals surface area contributed by atoms with Crippen LogP contribution < -0.4 is 15.0 Å². The molecule has 1 N–H and O–H groups in total. The topological polar surface area (TPSA) is 115 Å². The Balaban J connectivity index is 1.72. The summed E-state index contributed by atoms with van der Waals surface area (Å²) in [4.78, 5) is 30.8. The number of furan rings is 1. The standard InChI is InChI=1S/C25H28N6O4S/c1-16-11-12-19(35-16)23-27-29-30(28-23)15-21(32)31(17-8-6-9-18(14-17)34-5)22(20-10-7-13-36-20)24(33)26-25(2,3)4/h6-14,22H,15H2,1-5H3,(H,26,33)/t22-/m0/s1. The van der Waals surface area contributed by atoms with E-state index >= 15 is 0 Å². The predicted octanol–water partition coefficient (Wildman–Crippen LogP) is 4.00. The second kappa shape index (κ2) is 10.3. The molecule has 1 aromatic carbocycles. The molecule has 0 spiro atoms. The Labute approximate surface area is 212 Å². The molecule has 3 heterocycles. The van der Waals surface area contributed by atoms with Crippen molar-refractivity contribution in [2.75, 3.05) is 12.0 Å². The second-order valence-electron chi connectivity index (χ2n) is 9.18. The normalized spacial score (nSPS) is 12.2. The Morgan fingerprint density at radius 2 is 2.00 bits per heavy atom. The maximum Gasteiger partial charge on any atom is 0.251 e. The summed E-state index contributed by atoms with van der Waals surface area (Å²) in [7, 11) is 1.55. The first-order chi connectivity index (χ1) is 17.1. The van der Waals surface area contributed by atoms with E-state index in [9.17, 15) is 9.59 Å². The highest BCUT2D eigenvalue weighted by atomic mass is 32.1. The van der Waals surface area contributed by atoms with Crippen LogP contribution in [0.3, 0.4) is 0 Å². The maximum atomic E-state index is 13.8. The first-order valence-electron chi connectivity index (χ1n) is 11.3. The number of methoxy groups -OCH3 is 1. The van der Waals surface area contributed by atoms with Crippen LogP contribution in [0.2, 0.25) is 0 Å². The molecule has 1 atom stereocenters. The van der Waals surface area contributed by atoms with E-state index in [0.29, 0.717) is 27.8 Å². The van der Waals surface area contributed by atoms with Crippen molar-refractivity contribution in [3.63, 3.8) is 0 Å². The Morgan fingerprint density at radius 3 is 2.64 bits per heavy atom. The van der Waals surface area contributed by atoms with Crippen molar-refractivity contribution >= 4 is 28.8 Å². The number of nitrogens with one attached hydrogen (secondary N) is 1. The molecule has 0 saturated heterocycles. The molecule has 3 aromatic heterocycles. The van der Waals surface area contributed by atoms with Crippen LogP contribution >= 0.6 is 11.3 Å². The molecule has 0 aliphatic carbocycles. The molecule has 0 bridgehead atoms. The van der Waals surface area contributed by atoms with E-state index in [-0.39, 0.29) is 18.3 Å². The SMILES string of the molecule is COc1cccc(N(C(=O)Cn2nnc(-c3ccc(C)o3)n2)[C@H](C(=O)NC(C)(C)C)c2cccs2)c1. The zero-order chi connectivity index (χ0) is 25.9. The molecule has 0 aliphatic rings. The third-order valence-electron chi connectivity index (χ3n) is 5.11. The molecule has 2 amide bonds. The number of aromatic nitrogens is 4. The van der Waals surface area contributed by atoms with Crippen LogP contribution in [0, 0.1) is 6.92 Å². The number of amides is 2. The Morgan fingerprint density at radius 1 is 1.19 bits per heavy atom. The fourth-order valence-electron chi connectivity index (χ4n) is 3.62. The highest BCUT2D eigenvalue weighted by Crippen LogP contribution is 2.33.